The third-order valence-corrected chi connectivity index (χ3v) is 3.38. The lowest BCUT2D eigenvalue weighted by Crippen LogP contribution is -2.25. The highest BCUT2D eigenvalue weighted by atomic mass is 32.1. The minimum absolute atomic E-state index is 0.176. The van der Waals surface area contributed by atoms with E-state index < -0.39 is 0 Å². The summed E-state index contributed by atoms with van der Waals surface area (Å²) in [5.41, 5.74) is 5.37. The predicted molar refractivity (Wildman–Crippen MR) is 70.2 cm³/mol. The molecule has 3 N–H and O–H groups in total. The van der Waals surface area contributed by atoms with Gasteiger partial charge in [-0.25, -0.2) is 0 Å². The molecule has 0 radical (unpaired) electrons. The van der Waals surface area contributed by atoms with Gasteiger partial charge in [0.1, 0.15) is 0 Å². The average molecular weight is 242 g/mol. The van der Waals surface area contributed by atoms with Gasteiger partial charge in [-0.1, -0.05) is 37.9 Å². The van der Waals surface area contributed by atoms with Gasteiger partial charge in [-0.05, 0) is 25.2 Å². The van der Waals surface area contributed by atoms with Crippen molar-refractivity contribution in [3.05, 3.63) is 0 Å². The Morgan fingerprint density at radius 2 is 2.00 bits per heavy atom. The second-order valence-electron chi connectivity index (χ2n) is 4.61. The number of amides is 1. The summed E-state index contributed by atoms with van der Waals surface area (Å²) in [5, 5.41) is 2.91. The molecule has 1 rings (SSSR count). The highest BCUT2D eigenvalue weighted by Crippen LogP contribution is 2.28. The third-order valence-electron chi connectivity index (χ3n) is 3.18. The lowest BCUT2D eigenvalue weighted by Gasteiger charge is -2.08. The Morgan fingerprint density at radius 1 is 1.31 bits per heavy atom. The van der Waals surface area contributed by atoms with E-state index in [9.17, 15) is 4.79 Å². The monoisotopic (exact) mass is 242 g/mol. The molecule has 1 aliphatic rings. The maximum absolute atomic E-state index is 11.5. The van der Waals surface area contributed by atoms with Crippen molar-refractivity contribution in [3.63, 3.8) is 0 Å². The Balaban J connectivity index is 1.95. The van der Waals surface area contributed by atoms with Gasteiger partial charge in [0, 0.05) is 13.0 Å². The zero-order valence-electron chi connectivity index (χ0n) is 9.84. The van der Waals surface area contributed by atoms with Crippen LogP contribution in [0.5, 0.6) is 0 Å². The quantitative estimate of drug-likeness (QED) is 0.531. The van der Waals surface area contributed by atoms with Gasteiger partial charge in [0.05, 0.1) is 4.99 Å². The first-order valence-corrected chi connectivity index (χ1v) is 6.64. The Bertz CT molecular complexity index is 237. The molecule has 3 nitrogen and oxygen atoms in total. The Morgan fingerprint density at radius 3 is 2.62 bits per heavy atom. The fourth-order valence-corrected chi connectivity index (χ4v) is 2.36. The SMILES string of the molecule is NC(=S)CCCNC(=O)CCC1CCCC1. The Kier molecular flexibility index (Phi) is 6.38. The lowest BCUT2D eigenvalue weighted by atomic mass is 10.0. The highest BCUT2D eigenvalue weighted by molar-refractivity contribution is 7.80. The molecular formula is C12H22N2OS. The van der Waals surface area contributed by atoms with Crippen LogP contribution in [-0.4, -0.2) is 17.4 Å². The van der Waals surface area contributed by atoms with Crippen LogP contribution in [0.25, 0.3) is 0 Å². The summed E-state index contributed by atoms with van der Waals surface area (Å²) < 4.78 is 0. The summed E-state index contributed by atoms with van der Waals surface area (Å²) in [6.07, 6.45) is 8.63. The molecule has 0 aliphatic heterocycles. The van der Waals surface area contributed by atoms with E-state index in [2.05, 4.69) is 5.32 Å². The number of rotatable bonds is 7. The summed E-state index contributed by atoms with van der Waals surface area (Å²) in [6.45, 7) is 0.695. The zero-order valence-corrected chi connectivity index (χ0v) is 10.7. The van der Waals surface area contributed by atoms with Crippen molar-refractivity contribution in [2.24, 2.45) is 11.7 Å². The molecule has 92 valence electrons. The molecule has 16 heavy (non-hydrogen) atoms. The number of carbonyl (C=O) groups excluding carboxylic acids is 1. The van der Waals surface area contributed by atoms with Crippen molar-refractivity contribution in [2.45, 2.75) is 51.4 Å². The van der Waals surface area contributed by atoms with Gasteiger partial charge < -0.3 is 11.1 Å². The predicted octanol–water partition coefficient (Wildman–Crippen LogP) is 2.14. The Labute approximate surface area is 103 Å². The standard InChI is InChI=1S/C12H22N2OS/c13-11(16)6-3-9-14-12(15)8-7-10-4-1-2-5-10/h10H,1-9H2,(H2,13,16)(H,14,15). The summed E-state index contributed by atoms with van der Waals surface area (Å²) >= 11 is 4.76. The molecule has 0 spiro atoms. The molecule has 0 aromatic rings. The van der Waals surface area contributed by atoms with Crippen LogP contribution in [0.2, 0.25) is 0 Å². The zero-order chi connectivity index (χ0) is 11.8. The van der Waals surface area contributed by atoms with Crippen LogP contribution in [0.4, 0.5) is 0 Å². The van der Waals surface area contributed by atoms with Crippen molar-refractivity contribution in [3.8, 4) is 0 Å². The van der Waals surface area contributed by atoms with Crippen molar-refractivity contribution in [1.82, 2.24) is 5.32 Å². The average Bonchev–Trinajstić information content (AvgIpc) is 2.74. The molecule has 1 saturated carbocycles. The molecule has 1 fully saturated rings. The normalized spacial score (nSPS) is 16.2. The number of thiocarbonyl (C=S) groups is 1. The van der Waals surface area contributed by atoms with Gasteiger partial charge in [-0.15, -0.1) is 0 Å². The van der Waals surface area contributed by atoms with Crippen LogP contribution in [0.1, 0.15) is 51.4 Å². The van der Waals surface area contributed by atoms with E-state index in [4.69, 9.17) is 18.0 Å². The van der Waals surface area contributed by atoms with Crippen LogP contribution < -0.4 is 11.1 Å². The molecule has 1 amide bonds. The van der Waals surface area contributed by atoms with E-state index >= 15 is 0 Å². The van der Waals surface area contributed by atoms with Gasteiger partial charge >= 0.3 is 0 Å². The minimum Gasteiger partial charge on any atom is -0.393 e. The van der Waals surface area contributed by atoms with Crippen LogP contribution in [-0.2, 0) is 4.79 Å². The Hall–Kier alpha value is -0.640. The fraction of sp³-hybridized carbons (Fsp3) is 0.833. The smallest absolute Gasteiger partial charge is 0.220 e. The van der Waals surface area contributed by atoms with Crippen molar-refractivity contribution in [1.29, 1.82) is 0 Å². The first-order chi connectivity index (χ1) is 7.68. The van der Waals surface area contributed by atoms with Crippen molar-refractivity contribution >= 4 is 23.1 Å². The molecule has 0 aromatic carbocycles. The topological polar surface area (TPSA) is 55.1 Å². The van der Waals surface area contributed by atoms with Gasteiger partial charge in [0.15, 0.2) is 0 Å². The molecule has 0 aromatic heterocycles. The first kappa shape index (κ1) is 13.4. The van der Waals surface area contributed by atoms with Crippen LogP contribution >= 0.6 is 12.2 Å². The van der Waals surface area contributed by atoms with E-state index in [1.807, 2.05) is 0 Å². The molecule has 0 saturated heterocycles. The second kappa shape index (κ2) is 7.60. The molecule has 4 heteroatoms. The third kappa shape index (κ3) is 6.05. The molecule has 0 unspecified atom stereocenters. The minimum atomic E-state index is 0.176. The van der Waals surface area contributed by atoms with Gasteiger partial charge in [0.25, 0.3) is 0 Å². The number of carbonyl (C=O) groups is 1. The van der Waals surface area contributed by atoms with E-state index in [1.54, 1.807) is 0 Å². The number of nitrogens with one attached hydrogen (secondary N) is 1. The molecular weight excluding hydrogens is 220 g/mol. The molecule has 0 heterocycles. The second-order valence-corrected chi connectivity index (χ2v) is 5.13. The summed E-state index contributed by atoms with van der Waals surface area (Å²) in [7, 11) is 0. The summed E-state index contributed by atoms with van der Waals surface area (Å²) in [5.74, 6) is 0.970. The van der Waals surface area contributed by atoms with E-state index in [0.717, 1.165) is 25.2 Å². The lowest BCUT2D eigenvalue weighted by molar-refractivity contribution is -0.121. The fourth-order valence-electron chi connectivity index (χ4n) is 2.21. The van der Waals surface area contributed by atoms with Gasteiger partial charge in [-0.3, -0.25) is 4.79 Å². The van der Waals surface area contributed by atoms with E-state index in [-0.39, 0.29) is 5.91 Å². The summed E-state index contributed by atoms with van der Waals surface area (Å²) in [6, 6.07) is 0. The molecule has 0 bridgehead atoms. The highest BCUT2D eigenvalue weighted by Gasteiger charge is 2.15. The number of hydrogen-bond donors (Lipinski definition) is 2. The first-order valence-electron chi connectivity index (χ1n) is 6.23. The molecule has 1 aliphatic carbocycles. The number of nitrogens with two attached hydrogens (primary N) is 1. The maximum atomic E-state index is 11.5. The van der Waals surface area contributed by atoms with Gasteiger partial charge in [0.2, 0.25) is 5.91 Å². The molecule has 0 atom stereocenters. The van der Waals surface area contributed by atoms with E-state index in [1.165, 1.54) is 25.7 Å². The van der Waals surface area contributed by atoms with Crippen LogP contribution in [0, 0.1) is 5.92 Å². The maximum Gasteiger partial charge on any atom is 0.220 e. The van der Waals surface area contributed by atoms with Crippen LogP contribution in [0.15, 0.2) is 0 Å². The number of hydrogen-bond acceptors (Lipinski definition) is 2. The summed E-state index contributed by atoms with van der Waals surface area (Å²) in [4.78, 5) is 12.0. The van der Waals surface area contributed by atoms with Gasteiger partial charge in [-0.2, -0.15) is 0 Å². The largest absolute Gasteiger partial charge is 0.393 e. The van der Waals surface area contributed by atoms with Crippen molar-refractivity contribution in [2.75, 3.05) is 6.54 Å². The van der Waals surface area contributed by atoms with Crippen molar-refractivity contribution < 1.29 is 4.79 Å². The van der Waals surface area contributed by atoms with Crippen LogP contribution in [0.3, 0.4) is 0 Å². The van der Waals surface area contributed by atoms with E-state index in [0.29, 0.717) is 18.0 Å².